The van der Waals surface area contributed by atoms with Crippen LogP contribution in [-0.4, -0.2) is 52.8 Å². The van der Waals surface area contributed by atoms with Gasteiger partial charge in [-0.1, -0.05) is 31.1 Å². The van der Waals surface area contributed by atoms with Crippen LogP contribution in [0, 0.1) is 11.8 Å². The molecule has 0 saturated heterocycles. The number of rotatable bonds is 8. The molecule has 1 saturated carbocycles. The highest BCUT2D eigenvalue weighted by Gasteiger charge is 2.25. The van der Waals surface area contributed by atoms with Crippen LogP contribution in [0.3, 0.4) is 0 Å². The number of carbonyl (C=O) groups is 3. The third-order valence-electron chi connectivity index (χ3n) is 5.99. The van der Waals surface area contributed by atoms with Crippen molar-refractivity contribution >= 4 is 23.4 Å². The molecule has 0 spiro atoms. The third kappa shape index (κ3) is 8.20. The topological polar surface area (TPSA) is 140 Å². The Bertz CT molecular complexity index is 1100. The van der Waals surface area contributed by atoms with Gasteiger partial charge in [-0.05, 0) is 68.3 Å². The first-order chi connectivity index (χ1) is 17.4. The van der Waals surface area contributed by atoms with Crippen LogP contribution in [0.5, 0.6) is 0 Å². The minimum atomic E-state index is -1.29. The fourth-order valence-electron chi connectivity index (χ4n) is 3.93. The Hall–Kier alpha value is -3.71. The van der Waals surface area contributed by atoms with Gasteiger partial charge in [0.2, 0.25) is 5.91 Å². The van der Waals surface area contributed by atoms with Crippen molar-refractivity contribution in [2.75, 3.05) is 11.9 Å². The lowest BCUT2D eigenvalue weighted by Gasteiger charge is -2.22. The fourth-order valence-corrected chi connectivity index (χ4v) is 3.93. The summed E-state index contributed by atoms with van der Waals surface area (Å²) < 4.78 is 0. The molecule has 0 aliphatic heterocycles. The average Bonchev–Trinajstić information content (AvgIpc) is 2.90. The second-order valence-electron chi connectivity index (χ2n) is 8.84. The molecule has 36 heavy (non-hydrogen) atoms. The monoisotopic (exact) mass is 492 g/mol. The first-order valence-electron chi connectivity index (χ1n) is 12.0. The maximum atomic E-state index is 12.3. The third-order valence-corrected chi connectivity index (χ3v) is 5.99. The van der Waals surface area contributed by atoms with Gasteiger partial charge in [-0.25, -0.2) is 5.48 Å². The largest absolute Gasteiger partial charge is 0.391 e. The number of aliphatic hydroxyl groups is 1. The van der Waals surface area contributed by atoms with Crippen molar-refractivity contribution in [2.45, 2.75) is 57.2 Å². The summed E-state index contributed by atoms with van der Waals surface area (Å²) in [5.74, 6) is 4.50. The van der Waals surface area contributed by atoms with Crippen LogP contribution in [0.25, 0.3) is 0 Å². The molecule has 3 rings (SSSR count). The second-order valence-corrected chi connectivity index (χ2v) is 8.84. The normalized spacial score (nSPS) is 15.1. The Balaban J connectivity index is 1.51. The minimum absolute atomic E-state index is 0.0692. The molecule has 2 aromatic rings. The van der Waals surface area contributed by atoms with E-state index < -0.39 is 24.0 Å². The highest BCUT2D eigenvalue weighted by Crippen LogP contribution is 2.17. The number of amides is 3. The van der Waals surface area contributed by atoms with Gasteiger partial charge in [-0.2, -0.15) is 0 Å². The zero-order valence-electron chi connectivity index (χ0n) is 20.2. The summed E-state index contributed by atoms with van der Waals surface area (Å²) >= 11 is 0. The van der Waals surface area contributed by atoms with E-state index in [1.165, 1.54) is 31.7 Å². The summed E-state index contributed by atoms with van der Waals surface area (Å²) in [6, 6.07) is 12.8. The zero-order valence-corrected chi connectivity index (χ0v) is 20.2. The zero-order chi connectivity index (χ0) is 25.9. The van der Waals surface area contributed by atoms with Crippen molar-refractivity contribution in [2.24, 2.45) is 0 Å². The molecule has 1 fully saturated rings. The SMILES string of the molecule is C[C@@H](O)[C@H](NC(=O)c1ccc(C#Cc2ccc(NC(=O)CNC3CCCCC3)cc2)cc1)C(=O)NO. The van der Waals surface area contributed by atoms with E-state index in [9.17, 15) is 19.5 Å². The first-order valence-corrected chi connectivity index (χ1v) is 12.0. The first kappa shape index (κ1) is 26.9. The van der Waals surface area contributed by atoms with Crippen LogP contribution in [0.4, 0.5) is 5.69 Å². The summed E-state index contributed by atoms with van der Waals surface area (Å²) in [6.07, 6.45) is 4.78. The molecular formula is C27H32N4O5. The highest BCUT2D eigenvalue weighted by molar-refractivity contribution is 5.97. The molecule has 0 heterocycles. The van der Waals surface area contributed by atoms with Gasteiger partial charge >= 0.3 is 0 Å². The molecule has 0 unspecified atom stereocenters. The molecule has 3 amide bonds. The van der Waals surface area contributed by atoms with E-state index in [-0.39, 0.29) is 11.5 Å². The number of hydrogen-bond donors (Lipinski definition) is 6. The maximum absolute atomic E-state index is 12.3. The van der Waals surface area contributed by atoms with Gasteiger partial charge in [0.05, 0.1) is 12.6 Å². The smallest absolute Gasteiger partial charge is 0.268 e. The van der Waals surface area contributed by atoms with Gasteiger partial charge in [0.1, 0.15) is 6.04 Å². The molecule has 0 aromatic heterocycles. The summed E-state index contributed by atoms with van der Waals surface area (Å²) in [6.45, 7) is 1.63. The van der Waals surface area contributed by atoms with Gasteiger partial charge < -0.3 is 21.1 Å². The van der Waals surface area contributed by atoms with Gasteiger partial charge in [-0.3, -0.25) is 19.6 Å². The van der Waals surface area contributed by atoms with E-state index >= 15 is 0 Å². The van der Waals surface area contributed by atoms with Crippen LogP contribution < -0.4 is 21.4 Å². The van der Waals surface area contributed by atoms with E-state index in [0.29, 0.717) is 23.8 Å². The van der Waals surface area contributed by atoms with E-state index in [4.69, 9.17) is 5.21 Å². The van der Waals surface area contributed by atoms with Crippen molar-refractivity contribution in [3.8, 4) is 11.8 Å². The Morgan fingerprint density at radius 3 is 2.08 bits per heavy atom. The molecule has 6 N–H and O–H groups in total. The van der Waals surface area contributed by atoms with Crippen molar-refractivity contribution in [1.29, 1.82) is 0 Å². The number of nitrogens with one attached hydrogen (secondary N) is 4. The number of carbonyl (C=O) groups excluding carboxylic acids is 3. The van der Waals surface area contributed by atoms with Gasteiger partial charge in [-0.15, -0.1) is 0 Å². The summed E-state index contributed by atoms with van der Waals surface area (Å²) in [7, 11) is 0. The Labute approximate surface area is 210 Å². The van der Waals surface area contributed by atoms with Gasteiger partial charge in [0, 0.05) is 28.4 Å². The average molecular weight is 493 g/mol. The Morgan fingerprint density at radius 1 is 0.944 bits per heavy atom. The molecular weight excluding hydrogens is 460 g/mol. The molecule has 9 heteroatoms. The molecule has 1 aliphatic rings. The summed E-state index contributed by atoms with van der Waals surface area (Å²) in [5, 5.41) is 27.0. The lowest BCUT2D eigenvalue weighted by molar-refractivity contribution is -0.133. The number of anilines is 1. The minimum Gasteiger partial charge on any atom is -0.391 e. The number of hydrogen-bond acceptors (Lipinski definition) is 6. The molecule has 9 nitrogen and oxygen atoms in total. The predicted molar refractivity (Wildman–Crippen MR) is 135 cm³/mol. The van der Waals surface area contributed by atoms with Crippen molar-refractivity contribution < 1.29 is 24.7 Å². The van der Waals surface area contributed by atoms with Crippen molar-refractivity contribution in [1.82, 2.24) is 16.1 Å². The summed E-state index contributed by atoms with van der Waals surface area (Å²) in [5.41, 5.74) is 3.85. The van der Waals surface area contributed by atoms with Crippen LogP contribution in [-0.2, 0) is 9.59 Å². The standard InChI is InChI=1S/C27H32N4O5/c1-18(32)25(27(35)31-36)30-26(34)21-13-9-19(10-14-21)7-8-20-11-15-23(16-12-20)29-24(33)17-28-22-5-3-2-4-6-22/h9-16,18,22,25,28,32,36H,2-6,17H2,1H3,(H,29,33)(H,30,34)(H,31,35)/t18-,25+/m1/s1. The summed E-state index contributed by atoms with van der Waals surface area (Å²) in [4.78, 5) is 36.1. The molecule has 190 valence electrons. The highest BCUT2D eigenvalue weighted by atomic mass is 16.5. The van der Waals surface area contributed by atoms with Crippen LogP contribution in [0.2, 0.25) is 0 Å². The molecule has 2 aromatic carbocycles. The van der Waals surface area contributed by atoms with E-state index in [2.05, 4.69) is 27.8 Å². The number of aliphatic hydroxyl groups excluding tert-OH is 1. The van der Waals surface area contributed by atoms with Crippen LogP contribution in [0.1, 0.15) is 60.5 Å². The van der Waals surface area contributed by atoms with Crippen LogP contribution in [0.15, 0.2) is 48.5 Å². The maximum Gasteiger partial charge on any atom is 0.268 e. The van der Waals surface area contributed by atoms with Crippen LogP contribution >= 0.6 is 0 Å². The van der Waals surface area contributed by atoms with E-state index in [1.807, 2.05) is 12.1 Å². The van der Waals surface area contributed by atoms with Crippen molar-refractivity contribution in [3.05, 3.63) is 65.2 Å². The van der Waals surface area contributed by atoms with Gasteiger partial charge in [0.15, 0.2) is 0 Å². The number of hydroxylamine groups is 1. The second kappa shape index (κ2) is 13.4. The fraction of sp³-hybridized carbons (Fsp3) is 0.370. The molecule has 0 radical (unpaired) electrons. The predicted octanol–water partition coefficient (Wildman–Crippen LogP) is 1.93. The molecule has 0 bridgehead atoms. The molecule has 2 atom stereocenters. The Kier molecular flexibility index (Phi) is 10.0. The Morgan fingerprint density at radius 2 is 1.53 bits per heavy atom. The van der Waals surface area contributed by atoms with Crippen molar-refractivity contribution in [3.63, 3.8) is 0 Å². The molecule has 1 aliphatic carbocycles. The van der Waals surface area contributed by atoms with Gasteiger partial charge in [0.25, 0.3) is 11.8 Å². The lowest BCUT2D eigenvalue weighted by atomic mass is 9.95. The number of benzene rings is 2. The lowest BCUT2D eigenvalue weighted by Crippen LogP contribution is -2.51. The van der Waals surface area contributed by atoms with E-state index in [0.717, 1.165) is 18.4 Å². The quantitative estimate of drug-likeness (QED) is 0.189. The van der Waals surface area contributed by atoms with E-state index in [1.54, 1.807) is 36.4 Å².